The van der Waals surface area contributed by atoms with Gasteiger partial charge in [-0.05, 0) is 54.0 Å². The monoisotopic (exact) mass is 436 g/mol. The van der Waals surface area contributed by atoms with E-state index in [0.29, 0.717) is 18.0 Å². The highest BCUT2D eigenvalue weighted by Gasteiger charge is 2.10. The molecule has 6 heteroatoms. The van der Waals surface area contributed by atoms with E-state index in [0.717, 1.165) is 28.0 Å². The lowest BCUT2D eigenvalue weighted by Crippen LogP contribution is -2.17. The Morgan fingerprint density at radius 1 is 1.00 bits per heavy atom. The number of hydrogen-bond donors (Lipinski definition) is 2. The molecule has 0 saturated carbocycles. The summed E-state index contributed by atoms with van der Waals surface area (Å²) < 4.78 is 5.81. The van der Waals surface area contributed by atoms with Crippen LogP contribution in [-0.2, 0) is 6.61 Å². The van der Waals surface area contributed by atoms with E-state index in [2.05, 4.69) is 20.7 Å². The lowest BCUT2D eigenvalue weighted by molar-refractivity contribution is 0.0950. The Hall–Kier alpha value is -4.45. The fraction of sp³-hybridized carbons (Fsp3) is 0.0741. The number of hydrazone groups is 1. The average molecular weight is 437 g/mol. The second-order valence-corrected chi connectivity index (χ2v) is 7.46. The number of carbonyl (C=O) groups is 1. The van der Waals surface area contributed by atoms with Crippen LogP contribution in [0.25, 0.3) is 17.3 Å². The Kier molecular flexibility index (Phi) is 7.08. The molecule has 1 amide bonds. The van der Waals surface area contributed by atoms with Crippen molar-refractivity contribution in [3.05, 3.63) is 113 Å². The highest BCUT2D eigenvalue weighted by molar-refractivity contribution is 5.94. The van der Waals surface area contributed by atoms with Crippen molar-refractivity contribution in [3.63, 3.8) is 0 Å². The predicted molar refractivity (Wildman–Crippen MR) is 131 cm³/mol. The molecule has 0 spiro atoms. The van der Waals surface area contributed by atoms with Crippen LogP contribution in [0.4, 0.5) is 0 Å². The normalized spacial score (nSPS) is 11.5. The van der Waals surface area contributed by atoms with Crippen LogP contribution >= 0.6 is 0 Å². The van der Waals surface area contributed by atoms with Crippen molar-refractivity contribution in [3.8, 4) is 17.0 Å². The molecule has 0 radical (unpaired) electrons. The third kappa shape index (κ3) is 6.27. The van der Waals surface area contributed by atoms with E-state index in [9.17, 15) is 4.79 Å². The number of aromatic nitrogens is 2. The van der Waals surface area contributed by atoms with E-state index >= 15 is 0 Å². The Morgan fingerprint density at radius 3 is 2.42 bits per heavy atom. The third-order valence-electron chi connectivity index (χ3n) is 4.85. The molecule has 2 N–H and O–H groups in total. The standard InChI is InChI=1S/C27H24N4O2/c1-20(16-21-8-4-2-5-9-21)18-28-31-27(32)26-17-25(29-30-26)23-12-14-24(15-13-23)33-19-22-10-6-3-7-11-22/h2-18H,19H2,1H3,(H,29,30)(H,31,32)/b20-16+,28-18+. The van der Waals surface area contributed by atoms with Gasteiger partial charge in [-0.3, -0.25) is 9.89 Å². The van der Waals surface area contributed by atoms with Gasteiger partial charge in [-0.2, -0.15) is 10.2 Å². The van der Waals surface area contributed by atoms with Crippen LogP contribution in [-0.4, -0.2) is 22.3 Å². The van der Waals surface area contributed by atoms with Crippen molar-refractivity contribution in [2.45, 2.75) is 13.5 Å². The van der Waals surface area contributed by atoms with Gasteiger partial charge in [0, 0.05) is 5.56 Å². The van der Waals surface area contributed by atoms with Gasteiger partial charge in [0.15, 0.2) is 0 Å². The summed E-state index contributed by atoms with van der Waals surface area (Å²) in [5.41, 5.74) is 7.49. The van der Waals surface area contributed by atoms with Crippen LogP contribution < -0.4 is 10.2 Å². The van der Waals surface area contributed by atoms with Crippen molar-refractivity contribution in [1.29, 1.82) is 0 Å². The van der Waals surface area contributed by atoms with Crippen molar-refractivity contribution < 1.29 is 9.53 Å². The molecule has 0 atom stereocenters. The SMILES string of the molecule is CC(/C=N/NC(=O)c1cc(-c2ccc(OCc3ccccc3)cc2)n[nH]1)=C\c1ccccc1. The molecule has 33 heavy (non-hydrogen) atoms. The Balaban J connectivity index is 1.32. The molecule has 0 aliphatic rings. The zero-order chi connectivity index (χ0) is 22.9. The molecule has 6 nitrogen and oxygen atoms in total. The summed E-state index contributed by atoms with van der Waals surface area (Å²) in [7, 11) is 0. The van der Waals surface area contributed by atoms with Crippen molar-refractivity contribution >= 4 is 18.2 Å². The van der Waals surface area contributed by atoms with Gasteiger partial charge < -0.3 is 4.74 Å². The van der Waals surface area contributed by atoms with E-state index in [1.54, 1.807) is 12.3 Å². The summed E-state index contributed by atoms with van der Waals surface area (Å²) in [5, 5.41) is 11.0. The van der Waals surface area contributed by atoms with Gasteiger partial charge >= 0.3 is 0 Å². The number of aromatic amines is 1. The molecule has 3 aromatic carbocycles. The number of nitrogens with one attached hydrogen (secondary N) is 2. The summed E-state index contributed by atoms with van der Waals surface area (Å²) in [6.07, 6.45) is 3.59. The van der Waals surface area contributed by atoms with E-state index in [1.165, 1.54) is 0 Å². The first-order valence-corrected chi connectivity index (χ1v) is 10.6. The minimum absolute atomic E-state index is 0.330. The number of benzene rings is 3. The Morgan fingerprint density at radius 2 is 1.70 bits per heavy atom. The van der Waals surface area contributed by atoms with Crippen LogP contribution in [0.15, 0.2) is 102 Å². The van der Waals surface area contributed by atoms with Gasteiger partial charge in [0.25, 0.3) is 5.91 Å². The summed E-state index contributed by atoms with van der Waals surface area (Å²) >= 11 is 0. The molecule has 164 valence electrons. The van der Waals surface area contributed by atoms with Crippen LogP contribution in [0.2, 0.25) is 0 Å². The minimum atomic E-state index is -0.361. The molecule has 0 aliphatic carbocycles. The van der Waals surface area contributed by atoms with Crippen LogP contribution in [0.1, 0.15) is 28.5 Å². The van der Waals surface area contributed by atoms with E-state index in [1.807, 2.05) is 97.9 Å². The number of amides is 1. The molecular formula is C27H24N4O2. The van der Waals surface area contributed by atoms with E-state index < -0.39 is 0 Å². The molecule has 4 rings (SSSR count). The molecule has 0 saturated heterocycles. The van der Waals surface area contributed by atoms with Crippen molar-refractivity contribution in [2.75, 3.05) is 0 Å². The number of carbonyl (C=O) groups excluding carboxylic acids is 1. The Bertz CT molecular complexity index is 1240. The highest BCUT2D eigenvalue weighted by Crippen LogP contribution is 2.22. The van der Waals surface area contributed by atoms with Crippen LogP contribution in [0, 0.1) is 0 Å². The van der Waals surface area contributed by atoms with Crippen molar-refractivity contribution in [2.24, 2.45) is 5.10 Å². The van der Waals surface area contributed by atoms with Gasteiger partial charge in [-0.1, -0.05) is 66.7 Å². The maximum atomic E-state index is 12.4. The number of nitrogens with zero attached hydrogens (tertiary/aromatic N) is 2. The summed E-state index contributed by atoms with van der Waals surface area (Å²) in [5.74, 6) is 0.407. The minimum Gasteiger partial charge on any atom is -0.489 e. The fourth-order valence-corrected chi connectivity index (χ4v) is 3.15. The summed E-state index contributed by atoms with van der Waals surface area (Å²) in [6, 6.07) is 29.2. The largest absolute Gasteiger partial charge is 0.489 e. The van der Waals surface area contributed by atoms with E-state index in [-0.39, 0.29) is 5.91 Å². The number of H-pyrrole nitrogens is 1. The van der Waals surface area contributed by atoms with E-state index in [4.69, 9.17) is 4.74 Å². The number of hydrogen-bond acceptors (Lipinski definition) is 4. The lowest BCUT2D eigenvalue weighted by Gasteiger charge is -2.06. The molecule has 0 bridgehead atoms. The van der Waals surface area contributed by atoms with Gasteiger partial charge in [0.05, 0.1) is 11.9 Å². The lowest BCUT2D eigenvalue weighted by atomic mass is 10.1. The fourth-order valence-electron chi connectivity index (χ4n) is 3.15. The second-order valence-electron chi connectivity index (χ2n) is 7.46. The van der Waals surface area contributed by atoms with Gasteiger partial charge in [0.2, 0.25) is 0 Å². The summed E-state index contributed by atoms with van der Waals surface area (Å²) in [6.45, 7) is 2.43. The zero-order valence-corrected chi connectivity index (χ0v) is 18.2. The molecule has 0 fully saturated rings. The highest BCUT2D eigenvalue weighted by atomic mass is 16.5. The van der Waals surface area contributed by atoms with Gasteiger partial charge in [-0.25, -0.2) is 5.43 Å². The molecule has 4 aromatic rings. The molecule has 1 heterocycles. The zero-order valence-electron chi connectivity index (χ0n) is 18.2. The maximum Gasteiger partial charge on any atom is 0.289 e. The molecular weight excluding hydrogens is 412 g/mol. The van der Waals surface area contributed by atoms with Crippen LogP contribution in [0.5, 0.6) is 5.75 Å². The first kappa shape index (κ1) is 21.8. The number of ether oxygens (including phenoxy) is 1. The smallest absolute Gasteiger partial charge is 0.289 e. The number of allylic oxidation sites excluding steroid dienone is 1. The van der Waals surface area contributed by atoms with Gasteiger partial charge in [-0.15, -0.1) is 0 Å². The molecule has 1 aromatic heterocycles. The molecule has 0 unspecified atom stereocenters. The Labute approximate surface area is 192 Å². The number of rotatable bonds is 8. The van der Waals surface area contributed by atoms with Gasteiger partial charge in [0.1, 0.15) is 18.1 Å². The first-order valence-electron chi connectivity index (χ1n) is 10.6. The maximum absolute atomic E-state index is 12.4. The van der Waals surface area contributed by atoms with Crippen LogP contribution in [0.3, 0.4) is 0 Å². The topological polar surface area (TPSA) is 79.4 Å². The summed E-state index contributed by atoms with van der Waals surface area (Å²) in [4.78, 5) is 12.4. The molecule has 0 aliphatic heterocycles. The van der Waals surface area contributed by atoms with Crippen molar-refractivity contribution in [1.82, 2.24) is 15.6 Å². The third-order valence-corrected chi connectivity index (χ3v) is 4.85. The first-order chi connectivity index (χ1) is 16.2. The average Bonchev–Trinajstić information content (AvgIpc) is 3.35. The predicted octanol–water partition coefficient (Wildman–Crippen LogP) is 5.47. The second kappa shape index (κ2) is 10.7. The quantitative estimate of drug-likeness (QED) is 0.284.